The summed E-state index contributed by atoms with van der Waals surface area (Å²) in [5.41, 5.74) is 10.6. The van der Waals surface area contributed by atoms with Crippen LogP contribution < -0.4 is 5.73 Å². The Bertz CT molecular complexity index is 598. The van der Waals surface area contributed by atoms with Crippen molar-refractivity contribution in [3.05, 3.63) is 29.1 Å². The van der Waals surface area contributed by atoms with Crippen LogP contribution in [0.1, 0.15) is 36.3 Å². The van der Waals surface area contributed by atoms with Crippen LogP contribution >= 0.6 is 0 Å². The SMILES string of the molecule is Cc1cc2nc(C(C)N(C)C)n(CCCN)c2cc1C. The van der Waals surface area contributed by atoms with Crippen LogP contribution in [-0.2, 0) is 6.54 Å². The van der Waals surface area contributed by atoms with Crippen molar-refractivity contribution in [3.63, 3.8) is 0 Å². The van der Waals surface area contributed by atoms with Crippen molar-refractivity contribution >= 4 is 11.0 Å². The van der Waals surface area contributed by atoms with Crippen LogP contribution in [0, 0.1) is 13.8 Å². The second-order valence-corrected chi connectivity index (χ2v) is 5.83. The molecule has 0 aliphatic carbocycles. The minimum Gasteiger partial charge on any atom is -0.330 e. The lowest BCUT2D eigenvalue weighted by atomic mass is 10.1. The number of nitrogens with zero attached hydrogens (tertiary/aromatic N) is 3. The normalized spacial score (nSPS) is 13.3. The summed E-state index contributed by atoms with van der Waals surface area (Å²) >= 11 is 0. The average Bonchev–Trinajstić information content (AvgIpc) is 2.73. The molecule has 0 spiro atoms. The lowest BCUT2D eigenvalue weighted by molar-refractivity contribution is 0.301. The average molecular weight is 274 g/mol. The zero-order chi connectivity index (χ0) is 14.9. The van der Waals surface area contributed by atoms with Crippen molar-refractivity contribution in [2.75, 3.05) is 20.6 Å². The summed E-state index contributed by atoms with van der Waals surface area (Å²) in [4.78, 5) is 7.06. The number of nitrogens with two attached hydrogens (primary N) is 1. The number of imidazole rings is 1. The number of benzene rings is 1. The molecule has 2 N–H and O–H groups in total. The van der Waals surface area contributed by atoms with E-state index in [9.17, 15) is 0 Å². The third-order valence-electron chi connectivity index (χ3n) is 4.13. The van der Waals surface area contributed by atoms with Gasteiger partial charge in [0.15, 0.2) is 0 Å². The van der Waals surface area contributed by atoms with E-state index >= 15 is 0 Å². The van der Waals surface area contributed by atoms with E-state index in [0.717, 1.165) is 24.3 Å². The molecule has 1 aromatic carbocycles. The van der Waals surface area contributed by atoms with Crippen molar-refractivity contribution < 1.29 is 0 Å². The molecule has 2 rings (SSSR count). The fraction of sp³-hybridized carbons (Fsp3) is 0.562. The molecule has 0 bridgehead atoms. The van der Waals surface area contributed by atoms with Crippen LogP contribution in [0.3, 0.4) is 0 Å². The van der Waals surface area contributed by atoms with Gasteiger partial charge in [-0.3, -0.25) is 4.90 Å². The Labute approximate surface area is 121 Å². The molecule has 0 radical (unpaired) electrons. The van der Waals surface area contributed by atoms with Crippen LogP contribution in [0.4, 0.5) is 0 Å². The summed E-state index contributed by atoms with van der Waals surface area (Å²) in [6.07, 6.45) is 0.978. The van der Waals surface area contributed by atoms with Gasteiger partial charge in [0.05, 0.1) is 17.1 Å². The summed E-state index contributed by atoms with van der Waals surface area (Å²) in [6.45, 7) is 8.13. The van der Waals surface area contributed by atoms with E-state index in [-0.39, 0.29) is 0 Å². The second-order valence-electron chi connectivity index (χ2n) is 5.83. The highest BCUT2D eigenvalue weighted by Gasteiger charge is 2.18. The van der Waals surface area contributed by atoms with E-state index in [2.05, 4.69) is 56.5 Å². The Morgan fingerprint density at radius 1 is 1.25 bits per heavy atom. The number of fused-ring (bicyclic) bond motifs is 1. The number of aryl methyl sites for hydroxylation is 3. The molecule has 1 aromatic heterocycles. The first-order chi connectivity index (χ1) is 9.45. The summed E-state index contributed by atoms with van der Waals surface area (Å²) in [5.74, 6) is 1.13. The molecule has 0 amide bonds. The molecule has 0 saturated heterocycles. The Morgan fingerprint density at radius 2 is 1.90 bits per heavy atom. The van der Waals surface area contributed by atoms with Crippen LogP contribution in [0.2, 0.25) is 0 Å². The van der Waals surface area contributed by atoms with Gasteiger partial charge in [0.2, 0.25) is 0 Å². The molecule has 1 unspecified atom stereocenters. The maximum atomic E-state index is 5.69. The molecule has 0 saturated carbocycles. The van der Waals surface area contributed by atoms with Crippen LogP contribution in [0.5, 0.6) is 0 Å². The Kier molecular flexibility index (Phi) is 4.45. The molecular formula is C16H26N4. The van der Waals surface area contributed by atoms with E-state index in [1.807, 2.05) is 0 Å². The van der Waals surface area contributed by atoms with Crippen molar-refractivity contribution in [2.45, 2.75) is 39.8 Å². The van der Waals surface area contributed by atoms with E-state index in [0.29, 0.717) is 12.6 Å². The van der Waals surface area contributed by atoms with Crippen LogP contribution in [-0.4, -0.2) is 35.1 Å². The summed E-state index contributed by atoms with van der Waals surface area (Å²) in [7, 11) is 4.18. The fourth-order valence-electron chi connectivity index (χ4n) is 2.43. The van der Waals surface area contributed by atoms with Crippen molar-refractivity contribution in [3.8, 4) is 0 Å². The quantitative estimate of drug-likeness (QED) is 0.911. The summed E-state index contributed by atoms with van der Waals surface area (Å²) < 4.78 is 2.33. The number of aromatic nitrogens is 2. The molecule has 0 aliphatic rings. The first-order valence-electron chi connectivity index (χ1n) is 7.29. The maximum absolute atomic E-state index is 5.69. The van der Waals surface area contributed by atoms with Gasteiger partial charge in [0.1, 0.15) is 5.82 Å². The Balaban J connectivity index is 2.60. The van der Waals surface area contributed by atoms with Gasteiger partial charge in [-0.1, -0.05) is 0 Å². The van der Waals surface area contributed by atoms with E-state index < -0.39 is 0 Å². The third kappa shape index (κ3) is 2.72. The predicted molar refractivity (Wildman–Crippen MR) is 85.0 cm³/mol. The molecule has 4 heteroatoms. The van der Waals surface area contributed by atoms with Gasteiger partial charge >= 0.3 is 0 Å². The first kappa shape index (κ1) is 15.0. The Morgan fingerprint density at radius 3 is 2.50 bits per heavy atom. The molecule has 1 atom stereocenters. The topological polar surface area (TPSA) is 47.1 Å². The van der Waals surface area contributed by atoms with Crippen molar-refractivity contribution in [1.29, 1.82) is 0 Å². The standard InChI is InChI=1S/C16H26N4/c1-11-9-14-15(10-12(11)2)20(8-6-7-17)16(18-14)13(3)19(4)5/h9-10,13H,6-8,17H2,1-5H3. The van der Waals surface area contributed by atoms with Gasteiger partial charge in [0, 0.05) is 6.54 Å². The van der Waals surface area contributed by atoms with Crippen molar-refractivity contribution in [1.82, 2.24) is 14.5 Å². The predicted octanol–water partition coefficient (Wildman–Crippen LogP) is 2.62. The first-order valence-corrected chi connectivity index (χ1v) is 7.29. The largest absolute Gasteiger partial charge is 0.330 e. The zero-order valence-corrected chi connectivity index (χ0v) is 13.3. The monoisotopic (exact) mass is 274 g/mol. The van der Waals surface area contributed by atoms with Gasteiger partial charge in [0.25, 0.3) is 0 Å². The lowest BCUT2D eigenvalue weighted by Crippen LogP contribution is -2.21. The van der Waals surface area contributed by atoms with Crippen LogP contribution in [0.25, 0.3) is 11.0 Å². The second kappa shape index (κ2) is 5.94. The highest BCUT2D eigenvalue weighted by Crippen LogP contribution is 2.26. The lowest BCUT2D eigenvalue weighted by Gasteiger charge is -2.20. The van der Waals surface area contributed by atoms with Gasteiger partial charge in [-0.25, -0.2) is 4.98 Å². The molecule has 110 valence electrons. The highest BCUT2D eigenvalue weighted by atomic mass is 15.2. The molecule has 0 fully saturated rings. The number of hydrogen-bond acceptors (Lipinski definition) is 3. The molecule has 20 heavy (non-hydrogen) atoms. The summed E-state index contributed by atoms with van der Waals surface area (Å²) in [5, 5.41) is 0. The smallest absolute Gasteiger partial charge is 0.126 e. The van der Waals surface area contributed by atoms with Crippen molar-refractivity contribution in [2.24, 2.45) is 5.73 Å². The maximum Gasteiger partial charge on any atom is 0.126 e. The molecule has 1 heterocycles. The van der Waals surface area contributed by atoms with E-state index in [1.165, 1.54) is 16.6 Å². The molecule has 0 aliphatic heterocycles. The number of hydrogen-bond donors (Lipinski definition) is 1. The van der Waals surface area contributed by atoms with Gasteiger partial charge in [-0.05, 0) is 71.1 Å². The zero-order valence-electron chi connectivity index (χ0n) is 13.3. The molecular weight excluding hydrogens is 248 g/mol. The Hall–Kier alpha value is -1.39. The van der Waals surface area contributed by atoms with Gasteiger partial charge in [-0.2, -0.15) is 0 Å². The molecule has 4 nitrogen and oxygen atoms in total. The van der Waals surface area contributed by atoms with E-state index in [4.69, 9.17) is 10.7 Å². The van der Waals surface area contributed by atoms with E-state index in [1.54, 1.807) is 0 Å². The molecule has 2 aromatic rings. The minimum absolute atomic E-state index is 0.292. The van der Waals surface area contributed by atoms with Gasteiger partial charge < -0.3 is 10.3 Å². The fourth-order valence-corrected chi connectivity index (χ4v) is 2.43. The minimum atomic E-state index is 0.292. The summed E-state index contributed by atoms with van der Waals surface area (Å²) in [6, 6.07) is 4.73. The number of rotatable bonds is 5. The third-order valence-corrected chi connectivity index (χ3v) is 4.13. The van der Waals surface area contributed by atoms with Crippen LogP contribution in [0.15, 0.2) is 12.1 Å². The highest BCUT2D eigenvalue weighted by molar-refractivity contribution is 5.78. The van der Waals surface area contributed by atoms with Gasteiger partial charge in [-0.15, -0.1) is 0 Å².